The summed E-state index contributed by atoms with van der Waals surface area (Å²) < 4.78 is 0. The molecule has 0 aliphatic heterocycles. The molecule has 0 saturated carbocycles. The standard InChI is InChI=1S/C10H13N3/c1-8(2)13(12)10-5-3-9(7-11)4-6-10/h3-6,8H,12H2,1-2H3. The van der Waals surface area contributed by atoms with Gasteiger partial charge in [-0.2, -0.15) is 5.26 Å². The number of nitrogens with two attached hydrogens (primary N) is 1. The van der Waals surface area contributed by atoms with Gasteiger partial charge in [-0.15, -0.1) is 0 Å². The van der Waals surface area contributed by atoms with Gasteiger partial charge in [-0.3, -0.25) is 0 Å². The molecule has 13 heavy (non-hydrogen) atoms. The van der Waals surface area contributed by atoms with Crippen molar-refractivity contribution in [1.29, 1.82) is 5.26 Å². The molecule has 0 unspecified atom stereocenters. The molecule has 0 aliphatic rings. The summed E-state index contributed by atoms with van der Waals surface area (Å²) in [5.41, 5.74) is 1.58. The lowest BCUT2D eigenvalue weighted by Crippen LogP contribution is -2.37. The largest absolute Gasteiger partial charge is 0.309 e. The lowest BCUT2D eigenvalue weighted by Gasteiger charge is -2.22. The minimum atomic E-state index is 0.257. The van der Waals surface area contributed by atoms with Crippen molar-refractivity contribution in [2.24, 2.45) is 5.84 Å². The highest BCUT2D eigenvalue weighted by Gasteiger charge is 2.04. The summed E-state index contributed by atoms with van der Waals surface area (Å²) in [5.74, 6) is 5.78. The third-order valence-corrected chi connectivity index (χ3v) is 1.85. The number of rotatable bonds is 2. The van der Waals surface area contributed by atoms with Crippen molar-refractivity contribution < 1.29 is 0 Å². The Labute approximate surface area is 78.4 Å². The maximum atomic E-state index is 8.58. The summed E-state index contributed by atoms with van der Waals surface area (Å²) in [5, 5.41) is 10.2. The SMILES string of the molecule is CC(C)N(N)c1ccc(C#N)cc1. The average molecular weight is 175 g/mol. The molecule has 1 rings (SSSR count). The summed E-state index contributed by atoms with van der Waals surface area (Å²) in [7, 11) is 0. The highest BCUT2D eigenvalue weighted by atomic mass is 15.4. The Bertz CT molecular complexity index is 308. The number of anilines is 1. The number of hydrogen-bond acceptors (Lipinski definition) is 3. The van der Waals surface area contributed by atoms with Gasteiger partial charge >= 0.3 is 0 Å². The van der Waals surface area contributed by atoms with Gasteiger partial charge < -0.3 is 5.01 Å². The topological polar surface area (TPSA) is 53.0 Å². The molecule has 0 spiro atoms. The van der Waals surface area contributed by atoms with E-state index < -0.39 is 0 Å². The van der Waals surface area contributed by atoms with Crippen molar-refractivity contribution in [3.05, 3.63) is 29.8 Å². The fraction of sp³-hybridized carbons (Fsp3) is 0.300. The van der Waals surface area contributed by atoms with E-state index in [2.05, 4.69) is 6.07 Å². The Morgan fingerprint density at radius 1 is 1.31 bits per heavy atom. The van der Waals surface area contributed by atoms with E-state index in [4.69, 9.17) is 11.1 Å². The minimum absolute atomic E-state index is 0.257. The molecule has 0 amide bonds. The summed E-state index contributed by atoms with van der Waals surface area (Å²) in [6.45, 7) is 4.02. The Balaban J connectivity index is 2.87. The first-order valence-electron chi connectivity index (χ1n) is 4.19. The van der Waals surface area contributed by atoms with E-state index in [1.165, 1.54) is 0 Å². The van der Waals surface area contributed by atoms with E-state index in [9.17, 15) is 0 Å². The van der Waals surface area contributed by atoms with Gasteiger partial charge in [0, 0.05) is 6.04 Å². The molecule has 0 atom stereocenters. The van der Waals surface area contributed by atoms with Gasteiger partial charge in [0.25, 0.3) is 0 Å². The van der Waals surface area contributed by atoms with Crippen molar-refractivity contribution in [3.63, 3.8) is 0 Å². The molecule has 0 heterocycles. The van der Waals surface area contributed by atoms with Crippen LogP contribution in [0.25, 0.3) is 0 Å². The molecule has 68 valence electrons. The lowest BCUT2D eigenvalue weighted by molar-refractivity contribution is 0.711. The maximum absolute atomic E-state index is 8.58. The quantitative estimate of drug-likeness (QED) is 0.549. The van der Waals surface area contributed by atoms with Crippen LogP contribution in [-0.2, 0) is 0 Å². The smallest absolute Gasteiger partial charge is 0.0991 e. The van der Waals surface area contributed by atoms with Crippen LogP contribution < -0.4 is 10.9 Å². The molecule has 0 fully saturated rings. The number of hydrazine groups is 1. The zero-order chi connectivity index (χ0) is 9.84. The molecule has 3 nitrogen and oxygen atoms in total. The van der Waals surface area contributed by atoms with Crippen LogP contribution in [0.5, 0.6) is 0 Å². The van der Waals surface area contributed by atoms with Crippen molar-refractivity contribution >= 4 is 5.69 Å². The number of nitriles is 1. The summed E-state index contributed by atoms with van der Waals surface area (Å²) in [6.07, 6.45) is 0. The molecule has 1 aromatic rings. The Morgan fingerprint density at radius 3 is 2.23 bits per heavy atom. The number of nitrogens with zero attached hydrogens (tertiary/aromatic N) is 2. The van der Waals surface area contributed by atoms with Gasteiger partial charge in [0.2, 0.25) is 0 Å². The zero-order valence-electron chi connectivity index (χ0n) is 7.86. The summed E-state index contributed by atoms with van der Waals surface area (Å²) in [6, 6.07) is 9.53. The highest BCUT2D eigenvalue weighted by molar-refractivity contribution is 5.48. The fourth-order valence-corrected chi connectivity index (χ4v) is 1.01. The van der Waals surface area contributed by atoms with Crippen molar-refractivity contribution in [3.8, 4) is 6.07 Å². The molecule has 0 saturated heterocycles. The zero-order valence-corrected chi connectivity index (χ0v) is 7.86. The van der Waals surface area contributed by atoms with E-state index in [1.54, 1.807) is 17.1 Å². The molecule has 1 aromatic carbocycles. The van der Waals surface area contributed by atoms with Gasteiger partial charge in [-0.1, -0.05) is 0 Å². The minimum Gasteiger partial charge on any atom is -0.309 e. The normalized spacial score (nSPS) is 9.77. The molecule has 0 aliphatic carbocycles. The van der Waals surface area contributed by atoms with E-state index in [-0.39, 0.29) is 6.04 Å². The fourth-order valence-electron chi connectivity index (χ4n) is 1.01. The second-order valence-electron chi connectivity index (χ2n) is 3.16. The van der Waals surface area contributed by atoms with E-state index >= 15 is 0 Å². The first-order chi connectivity index (χ1) is 6.15. The molecule has 0 aromatic heterocycles. The summed E-state index contributed by atoms with van der Waals surface area (Å²) in [4.78, 5) is 0. The Hall–Kier alpha value is -1.53. The van der Waals surface area contributed by atoms with Gasteiger partial charge in [0.15, 0.2) is 0 Å². The highest BCUT2D eigenvalue weighted by Crippen LogP contribution is 2.13. The van der Waals surface area contributed by atoms with E-state index in [1.807, 2.05) is 26.0 Å². The van der Waals surface area contributed by atoms with Crippen LogP contribution in [0.15, 0.2) is 24.3 Å². The molecular weight excluding hydrogens is 162 g/mol. The van der Waals surface area contributed by atoms with Crippen LogP contribution in [-0.4, -0.2) is 6.04 Å². The average Bonchev–Trinajstić information content (AvgIpc) is 2.17. The lowest BCUT2D eigenvalue weighted by atomic mass is 10.2. The molecule has 0 bridgehead atoms. The van der Waals surface area contributed by atoms with E-state index in [0.29, 0.717) is 5.56 Å². The maximum Gasteiger partial charge on any atom is 0.0991 e. The van der Waals surface area contributed by atoms with Gasteiger partial charge in [-0.05, 0) is 38.1 Å². The second-order valence-corrected chi connectivity index (χ2v) is 3.16. The summed E-state index contributed by atoms with van der Waals surface area (Å²) >= 11 is 0. The van der Waals surface area contributed by atoms with Gasteiger partial charge in [0.05, 0.1) is 17.3 Å². The molecular formula is C10H13N3. The third kappa shape index (κ3) is 2.20. The van der Waals surface area contributed by atoms with Crippen LogP contribution in [0.3, 0.4) is 0 Å². The monoisotopic (exact) mass is 175 g/mol. The first-order valence-corrected chi connectivity index (χ1v) is 4.19. The van der Waals surface area contributed by atoms with E-state index in [0.717, 1.165) is 5.69 Å². The Kier molecular flexibility index (Phi) is 2.88. The molecule has 2 N–H and O–H groups in total. The van der Waals surface area contributed by atoms with Crippen LogP contribution in [0.2, 0.25) is 0 Å². The van der Waals surface area contributed by atoms with Crippen LogP contribution in [0.1, 0.15) is 19.4 Å². The van der Waals surface area contributed by atoms with Gasteiger partial charge in [-0.25, -0.2) is 5.84 Å². The number of benzene rings is 1. The third-order valence-electron chi connectivity index (χ3n) is 1.85. The van der Waals surface area contributed by atoms with Crippen molar-refractivity contribution in [2.45, 2.75) is 19.9 Å². The predicted octanol–water partition coefficient (Wildman–Crippen LogP) is 1.65. The molecule has 0 radical (unpaired) electrons. The second kappa shape index (κ2) is 3.92. The van der Waals surface area contributed by atoms with Crippen molar-refractivity contribution in [1.82, 2.24) is 0 Å². The van der Waals surface area contributed by atoms with Crippen LogP contribution in [0.4, 0.5) is 5.69 Å². The number of hydrogen-bond donors (Lipinski definition) is 1. The van der Waals surface area contributed by atoms with Gasteiger partial charge in [0.1, 0.15) is 0 Å². The predicted molar refractivity (Wildman–Crippen MR) is 53.0 cm³/mol. The van der Waals surface area contributed by atoms with Crippen LogP contribution in [0, 0.1) is 11.3 Å². The van der Waals surface area contributed by atoms with Crippen molar-refractivity contribution in [2.75, 3.05) is 5.01 Å². The Morgan fingerprint density at radius 2 is 1.85 bits per heavy atom. The molecule has 3 heteroatoms. The van der Waals surface area contributed by atoms with Crippen LogP contribution >= 0.6 is 0 Å². The first kappa shape index (κ1) is 9.56.